The first-order valence-corrected chi connectivity index (χ1v) is 18.2. The average Bonchev–Trinajstić information content (AvgIpc) is 3.31. The molecule has 1 saturated heterocycles. The van der Waals surface area contributed by atoms with Gasteiger partial charge in [-0.15, -0.1) is 0 Å². The Morgan fingerprint density at radius 1 is 1.00 bits per heavy atom. The van der Waals surface area contributed by atoms with Gasteiger partial charge in [-0.3, -0.25) is 24.2 Å². The number of benzene rings is 1. The van der Waals surface area contributed by atoms with Gasteiger partial charge in [-0.1, -0.05) is 39.0 Å². The quantitative estimate of drug-likeness (QED) is 0.348. The second-order valence-electron chi connectivity index (χ2n) is 15.7. The van der Waals surface area contributed by atoms with Crippen LogP contribution in [0.25, 0.3) is 0 Å². The van der Waals surface area contributed by atoms with Crippen LogP contribution in [0.2, 0.25) is 0 Å². The van der Waals surface area contributed by atoms with Gasteiger partial charge in [0.1, 0.15) is 18.4 Å². The van der Waals surface area contributed by atoms with Crippen molar-refractivity contribution in [1.82, 2.24) is 9.80 Å². The predicted octanol–water partition coefficient (Wildman–Crippen LogP) is 3.43. The standard InChI is InChI=1S/C39H50F2N2O8/c1-5-25-6-8-26(9-7-25)35(48)50-17-16-42-12-14-43(15-13-42)22-34(47)51-23-33(46)39(49)24(2)18-28-29-20-31(40)30-19-27(44)10-11-36(30,3)38(29,41)32(45)21-37(28,39)4/h6-11,19,24,28-29,31-32,45,49H,5,12-18,20-23H2,1-4H3/t24-,28?,29?,31+,32+,36+,37+,38+,39+/m1/s1. The lowest BCUT2D eigenvalue weighted by Crippen LogP contribution is -2.70. The van der Waals surface area contributed by atoms with Crippen LogP contribution in [0.3, 0.4) is 0 Å². The zero-order valence-corrected chi connectivity index (χ0v) is 29.9. The molecule has 10 nitrogen and oxygen atoms in total. The summed E-state index contributed by atoms with van der Waals surface area (Å²) in [4.78, 5) is 55.1. The van der Waals surface area contributed by atoms with Gasteiger partial charge in [-0.2, -0.15) is 0 Å². The molecule has 9 atom stereocenters. The topological polar surface area (TPSA) is 134 Å². The third-order valence-corrected chi connectivity index (χ3v) is 13.1. The fourth-order valence-corrected chi connectivity index (χ4v) is 10.0. The summed E-state index contributed by atoms with van der Waals surface area (Å²) in [6.07, 6.45) is 0.978. The van der Waals surface area contributed by atoms with E-state index < -0.39 is 76.3 Å². The number of halogens is 2. The maximum absolute atomic E-state index is 17.4. The van der Waals surface area contributed by atoms with E-state index in [0.717, 1.165) is 18.1 Å². The van der Waals surface area contributed by atoms with Crippen molar-refractivity contribution in [2.45, 2.75) is 76.9 Å². The Hall–Kier alpha value is -3.32. The van der Waals surface area contributed by atoms with Crippen LogP contribution in [0.4, 0.5) is 8.78 Å². The number of rotatable bonds is 10. The van der Waals surface area contributed by atoms with Gasteiger partial charge in [0.15, 0.2) is 18.1 Å². The number of ether oxygens (including phenoxy) is 2. The van der Waals surface area contributed by atoms with Crippen LogP contribution in [0.15, 0.2) is 48.1 Å². The number of aryl methyl sites for hydroxylation is 1. The highest BCUT2D eigenvalue weighted by atomic mass is 19.1. The van der Waals surface area contributed by atoms with Crippen LogP contribution < -0.4 is 0 Å². The molecule has 1 aromatic rings. The molecule has 5 aliphatic rings. The van der Waals surface area contributed by atoms with E-state index >= 15 is 8.78 Å². The molecule has 2 N–H and O–H groups in total. The number of piperazine rings is 1. The number of nitrogens with zero attached hydrogens (tertiary/aromatic N) is 2. The minimum Gasteiger partial charge on any atom is -0.461 e. The molecule has 6 rings (SSSR count). The van der Waals surface area contributed by atoms with Crippen molar-refractivity contribution in [2.24, 2.45) is 28.6 Å². The zero-order valence-electron chi connectivity index (χ0n) is 29.9. The Balaban J connectivity index is 1.01. The van der Waals surface area contributed by atoms with Gasteiger partial charge in [0.05, 0.1) is 18.2 Å². The van der Waals surface area contributed by atoms with Crippen molar-refractivity contribution in [2.75, 3.05) is 52.5 Å². The van der Waals surface area contributed by atoms with Crippen LogP contribution >= 0.6 is 0 Å². The molecule has 278 valence electrons. The SMILES string of the molecule is CCc1ccc(C(=O)OCCN2CCN(CC(=O)OCC(=O)[C@@]3(O)[C@H](C)CC4C5C[C@H](F)C6=CC(=O)C=C[C@]6(C)[C@@]5(F)[C@@H](O)C[C@@]43C)CC2)cc1. The lowest BCUT2D eigenvalue weighted by Gasteiger charge is -2.63. The lowest BCUT2D eigenvalue weighted by molar-refractivity contribution is -0.224. The number of alkyl halides is 2. The third-order valence-electron chi connectivity index (χ3n) is 13.1. The van der Waals surface area contributed by atoms with E-state index in [1.54, 1.807) is 26.0 Å². The first-order chi connectivity index (χ1) is 24.1. The third kappa shape index (κ3) is 6.19. The average molecular weight is 713 g/mol. The van der Waals surface area contributed by atoms with Crippen LogP contribution in [-0.4, -0.2) is 120 Å². The maximum Gasteiger partial charge on any atom is 0.338 e. The number of hydrogen-bond acceptors (Lipinski definition) is 10. The van der Waals surface area contributed by atoms with Gasteiger partial charge in [0, 0.05) is 49.5 Å². The minimum atomic E-state index is -2.32. The van der Waals surface area contributed by atoms with Gasteiger partial charge < -0.3 is 19.7 Å². The van der Waals surface area contributed by atoms with Crippen LogP contribution in [0.5, 0.6) is 0 Å². The Morgan fingerprint density at radius 2 is 1.67 bits per heavy atom. The fraction of sp³-hybridized carbons (Fsp3) is 0.641. The number of esters is 2. The van der Waals surface area contributed by atoms with Gasteiger partial charge in [-0.25, -0.2) is 13.6 Å². The summed E-state index contributed by atoms with van der Waals surface area (Å²) in [6, 6.07) is 7.35. The molecule has 0 radical (unpaired) electrons. The zero-order chi connectivity index (χ0) is 36.9. The van der Waals surface area contributed by atoms with Crippen LogP contribution in [0.1, 0.15) is 62.9 Å². The number of hydrogen-bond donors (Lipinski definition) is 2. The molecule has 2 unspecified atom stereocenters. The van der Waals surface area contributed by atoms with E-state index in [0.29, 0.717) is 38.3 Å². The molecule has 1 heterocycles. The van der Waals surface area contributed by atoms with Crippen LogP contribution in [0, 0.1) is 28.6 Å². The Morgan fingerprint density at radius 3 is 2.33 bits per heavy atom. The van der Waals surface area contributed by atoms with Gasteiger partial charge in [-0.05, 0) is 79.9 Å². The smallest absolute Gasteiger partial charge is 0.338 e. The molecule has 0 amide bonds. The molecule has 0 spiro atoms. The molecule has 51 heavy (non-hydrogen) atoms. The van der Waals surface area contributed by atoms with Gasteiger partial charge >= 0.3 is 11.9 Å². The molecule has 0 bridgehead atoms. The number of allylic oxidation sites excluding steroid dienone is 4. The van der Waals surface area contributed by atoms with Crippen molar-refractivity contribution >= 4 is 23.5 Å². The minimum absolute atomic E-state index is 0.0110. The molecular formula is C39H50F2N2O8. The van der Waals surface area contributed by atoms with Crippen molar-refractivity contribution < 1.29 is 47.6 Å². The molecule has 1 aromatic carbocycles. The highest BCUT2D eigenvalue weighted by molar-refractivity contribution is 6.01. The highest BCUT2D eigenvalue weighted by Gasteiger charge is 2.76. The number of carbonyl (C=O) groups is 4. The monoisotopic (exact) mass is 712 g/mol. The summed E-state index contributed by atoms with van der Waals surface area (Å²) in [5.74, 6) is -4.51. The van der Waals surface area contributed by atoms with Gasteiger partial charge in [0.2, 0.25) is 5.78 Å². The molecule has 3 saturated carbocycles. The molecule has 4 fully saturated rings. The number of ketones is 2. The molecule has 0 aromatic heterocycles. The van der Waals surface area contributed by atoms with Crippen molar-refractivity contribution in [1.29, 1.82) is 0 Å². The molecule has 4 aliphatic carbocycles. The maximum atomic E-state index is 17.4. The summed E-state index contributed by atoms with van der Waals surface area (Å²) < 4.78 is 43.9. The molecule has 1 aliphatic heterocycles. The van der Waals surface area contributed by atoms with Crippen molar-refractivity contribution in [3.8, 4) is 0 Å². The van der Waals surface area contributed by atoms with E-state index in [9.17, 15) is 29.4 Å². The van der Waals surface area contributed by atoms with E-state index in [-0.39, 0.29) is 44.0 Å². The van der Waals surface area contributed by atoms with E-state index in [1.807, 2.05) is 24.0 Å². The summed E-state index contributed by atoms with van der Waals surface area (Å²) in [6.45, 7) is 9.37. The number of fused-ring (bicyclic) bond motifs is 5. The van der Waals surface area contributed by atoms with E-state index in [4.69, 9.17) is 9.47 Å². The summed E-state index contributed by atoms with van der Waals surface area (Å²) in [5.41, 5.74) is -5.58. The second-order valence-corrected chi connectivity index (χ2v) is 15.7. The van der Waals surface area contributed by atoms with Crippen molar-refractivity contribution in [3.63, 3.8) is 0 Å². The number of carbonyl (C=O) groups excluding carboxylic acids is 4. The van der Waals surface area contributed by atoms with Gasteiger partial charge in [0.25, 0.3) is 0 Å². The Bertz CT molecular complexity index is 1610. The Kier molecular flexibility index (Phi) is 10.2. The van der Waals surface area contributed by atoms with Crippen molar-refractivity contribution in [3.05, 3.63) is 59.2 Å². The predicted molar refractivity (Wildman–Crippen MR) is 183 cm³/mol. The molecular weight excluding hydrogens is 662 g/mol. The fourth-order valence-electron chi connectivity index (χ4n) is 10.0. The van der Waals surface area contributed by atoms with E-state index in [1.165, 1.54) is 19.1 Å². The lowest BCUT2D eigenvalue weighted by atomic mass is 9.44. The van der Waals surface area contributed by atoms with Crippen LogP contribution in [-0.2, 0) is 30.3 Å². The number of aliphatic hydroxyl groups is 2. The first kappa shape index (κ1) is 37.4. The summed E-state index contributed by atoms with van der Waals surface area (Å²) >= 11 is 0. The summed E-state index contributed by atoms with van der Waals surface area (Å²) in [5, 5.41) is 23.6. The normalized spacial score (nSPS) is 37.9. The number of aliphatic hydroxyl groups excluding tert-OH is 1. The van der Waals surface area contributed by atoms with E-state index in [2.05, 4.69) is 4.90 Å². The number of Topliss-reactive ketones (excluding diaryl/α,β-unsaturated/α-hetero) is 1. The highest BCUT2D eigenvalue weighted by Crippen LogP contribution is 2.71. The second kappa shape index (κ2) is 13.9. The first-order valence-electron chi connectivity index (χ1n) is 18.2. The summed E-state index contributed by atoms with van der Waals surface area (Å²) in [7, 11) is 0. The molecule has 12 heteroatoms. The Labute approximate surface area is 297 Å². The largest absolute Gasteiger partial charge is 0.461 e.